The van der Waals surface area contributed by atoms with Gasteiger partial charge in [-0.1, -0.05) is 36.4 Å². The van der Waals surface area contributed by atoms with E-state index in [9.17, 15) is 9.90 Å². The van der Waals surface area contributed by atoms with E-state index in [1.807, 2.05) is 62.4 Å². The minimum Gasteiger partial charge on any atom is -0.508 e. The van der Waals surface area contributed by atoms with Crippen LogP contribution in [0.4, 0.5) is 11.4 Å². The molecule has 3 aromatic rings. The summed E-state index contributed by atoms with van der Waals surface area (Å²) in [7, 11) is 0. The average molecular weight is 405 g/mol. The maximum Gasteiger partial charge on any atom is 0.221 e. The molecule has 3 aromatic carbocycles. The van der Waals surface area contributed by atoms with Gasteiger partial charge in [-0.15, -0.1) is 6.58 Å². The van der Waals surface area contributed by atoms with Gasteiger partial charge < -0.3 is 20.5 Å². The third-order valence-corrected chi connectivity index (χ3v) is 4.06. The normalized spacial score (nSPS) is 10.8. The number of carbonyl (C=O) groups is 1. The van der Waals surface area contributed by atoms with E-state index in [1.165, 1.54) is 6.92 Å². The molecule has 1 unspecified atom stereocenters. The lowest BCUT2D eigenvalue weighted by atomic mass is 10.1. The number of phenols is 1. The topological polar surface area (TPSA) is 70.6 Å². The van der Waals surface area contributed by atoms with Gasteiger partial charge in [0.25, 0.3) is 0 Å². The molecule has 0 heterocycles. The number of hydrogen-bond acceptors (Lipinski definition) is 4. The number of ether oxygens (including phenoxy) is 1. The first-order valence-electron chi connectivity index (χ1n) is 9.70. The lowest BCUT2D eigenvalue weighted by molar-refractivity contribution is -0.114. The molecule has 156 valence electrons. The number of benzene rings is 3. The zero-order valence-electron chi connectivity index (χ0n) is 17.6. The van der Waals surface area contributed by atoms with Gasteiger partial charge in [0.05, 0.1) is 11.7 Å². The summed E-state index contributed by atoms with van der Waals surface area (Å²) in [5.41, 5.74) is 2.59. The molecule has 0 radical (unpaired) electrons. The maximum atomic E-state index is 11.5. The first kappa shape index (κ1) is 22.6. The predicted molar refractivity (Wildman–Crippen MR) is 123 cm³/mol. The van der Waals surface area contributed by atoms with Crippen molar-refractivity contribution in [1.29, 1.82) is 0 Å². The van der Waals surface area contributed by atoms with Crippen molar-refractivity contribution in [1.82, 2.24) is 0 Å². The van der Waals surface area contributed by atoms with Crippen LogP contribution in [0.3, 0.4) is 0 Å². The number of allylic oxidation sites excluding steroid dienone is 1. The van der Waals surface area contributed by atoms with Crippen molar-refractivity contribution in [3.63, 3.8) is 0 Å². The number of para-hydroxylation sites is 3. The molecule has 5 heteroatoms. The molecule has 1 atom stereocenters. The molecule has 0 aliphatic heterocycles. The summed E-state index contributed by atoms with van der Waals surface area (Å²) in [4.78, 5) is 11.5. The van der Waals surface area contributed by atoms with Crippen molar-refractivity contribution >= 4 is 17.3 Å². The highest BCUT2D eigenvalue weighted by Gasteiger charge is 2.13. The molecule has 3 rings (SSSR count). The number of rotatable bonds is 6. The first-order chi connectivity index (χ1) is 14.4. The lowest BCUT2D eigenvalue weighted by Gasteiger charge is -2.21. The van der Waals surface area contributed by atoms with Gasteiger partial charge in [0, 0.05) is 12.6 Å². The van der Waals surface area contributed by atoms with E-state index in [4.69, 9.17) is 4.74 Å². The zero-order valence-corrected chi connectivity index (χ0v) is 17.6. The molecule has 0 saturated heterocycles. The molecular formula is C25H28N2O3. The number of anilines is 2. The van der Waals surface area contributed by atoms with Gasteiger partial charge >= 0.3 is 0 Å². The largest absolute Gasteiger partial charge is 0.508 e. The fourth-order valence-corrected chi connectivity index (χ4v) is 2.81. The number of nitrogens with one attached hydrogen (secondary N) is 2. The minimum atomic E-state index is -0.106. The van der Waals surface area contributed by atoms with Crippen LogP contribution in [-0.2, 0) is 4.79 Å². The highest BCUT2D eigenvalue weighted by atomic mass is 16.5. The molecule has 0 spiro atoms. The third kappa shape index (κ3) is 6.71. The molecule has 0 bridgehead atoms. The highest BCUT2D eigenvalue weighted by molar-refractivity contribution is 5.89. The molecule has 30 heavy (non-hydrogen) atoms. The van der Waals surface area contributed by atoms with Crippen molar-refractivity contribution in [2.75, 3.05) is 10.6 Å². The first-order valence-corrected chi connectivity index (χ1v) is 9.70. The van der Waals surface area contributed by atoms with E-state index in [2.05, 4.69) is 17.2 Å². The molecule has 0 aliphatic rings. The molecule has 5 nitrogen and oxygen atoms in total. The second-order valence-corrected chi connectivity index (χ2v) is 6.63. The summed E-state index contributed by atoms with van der Waals surface area (Å²) in [5.74, 6) is 1.39. The van der Waals surface area contributed by atoms with Gasteiger partial charge in [-0.25, -0.2) is 0 Å². The van der Waals surface area contributed by atoms with Crippen LogP contribution in [-0.4, -0.2) is 11.0 Å². The van der Waals surface area contributed by atoms with Gasteiger partial charge in [-0.3, -0.25) is 4.79 Å². The summed E-state index contributed by atoms with van der Waals surface area (Å²) < 4.78 is 5.95. The highest BCUT2D eigenvalue weighted by Crippen LogP contribution is 2.33. The molecule has 1 amide bonds. The Kier molecular flexibility index (Phi) is 8.51. The van der Waals surface area contributed by atoms with Gasteiger partial charge in [0.2, 0.25) is 5.91 Å². The zero-order chi connectivity index (χ0) is 21.9. The number of amides is 1. The van der Waals surface area contributed by atoms with Crippen LogP contribution in [0.5, 0.6) is 17.2 Å². The van der Waals surface area contributed by atoms with Crippen LogP contribution >= 0.6 is 0 Å². The summed E-state index contributed by atoms with van der Waals surface area (Å²) >= 11 is 0. The van der Waals surface area contributed by atoms with Gasteiger partial charge in [-0.2, -0.15) is 0 Å². The van der Waals surface area contributed by atoms with Crippen LogP contribution in [0.1, 0.15) is 32.4 Å². The Hall–Kier alpha value is -3.73. The molecule has 3 N–H and O–H groups in total. The number of aromatic hydroxyl groups is 1. The molecule has 0 fully saturated rings. The van der Waals surface area contributed by atoms with Gasteiger partial charge in [-0.05, 0) is 61.9 Å². The van der Waals surface area contributed by atoms with E-state index >= 15 is 0 Å². The van der Waals surface area contributed by atoms with Crippen LogP contribution in [0.25, 0.3) is 0 Å². The van der Waals surface area contributed by atoms with Gasteiger partial charge in [0.15, 0.2) is 5.75 Å². The second kappa shape index (κ2) is 11.3. The number of phenolic OH excluding ortho intramolecular Hbond substituents is 1. The smallest absolute Gasteiger partial charge is 0.221 e. The third-order valence-electron chi connectivity index (χ3n) is 4.06. The Labute approximate surface area is 178 Å². The number of carbonyl (C=O) groups excluding carboxylic acids is 1. The van der Waals surface area contributed by atoms with Crippen molar-refractivity contribution in [2.45, 2.75) is 26.8 Å². The maximum absolute atomic E-state index is 11.5. The summed E-state index contributed by atoms with van der Waals surface area (Å²) in [6.07, 6.45) is 1.75. The molecule has 0 aliphatic carbocycles. The van der Waals surface area contributed by atoms with E-state index in [-0.39, 0.29) is 17.7 Å². The summed E-state index contributed by atoms with van der Waals surface area (Å²) in [6, 6.07) is 21.9. The van der Waals surface area contributed by atoms with E-state index in [0.29, 0.717) is 11.5 Å². The Morgan fingerprint density at radius 2 is 1.57 bits per heavy atom. The lowest BCUT2D eigenvalue weighted by Crippen LogP contribution is -2.13. The van der Waals surface area contributed by atoms with Crippen LogP contribution in [0.2, 0.25) is 0 Å². The van der Waals surface area contributed by atoms with Crippen molar-refractivity contribution in [3.05, 3.63) is 91.0 Å². The fraction of sp³-hybridized carbons (Fsp3) is 0.160. The summed E-state index contributed by atoms with van der Waals surface area (Å²) in [5, 5.41) is 15.7. The Balaban J connectivity index is 0.00000101. The molecular weight excluding hydrogens is 376 g/mol. The van der Waals surface area contributed by atoms with E-state index in [1.54, 1.807) is 30.3 Å². The van der Waals surface area contributed by atoms with Crippen LogP contribution < -0.4 is 15.4 Å². The standard InChI is InChI=1S/C22H22N2O3.C3H6/c1-15(19-7-3-4-8-20(19)24-16(2)25)23-21-9-5-6-10-22(21)27-18-13-11-17(26)12-14-18;1-3-2/h3-15,23,26H,1-2H3,(H,24,25);3H,1H2,2H3. The van der Waals surface area contributed by atoms with Crippen LogP contribution in [0, 0.1) is 0 Å². The predicted octanol–water partition coefficient (Wildman–Crippen LogP) is 6.51. The minimum absolute atomic E-state index is 0.0578. The van der Waals surface area contributed by atoms with Gasteiger partial charge in [0.1, 0.15) is 11.5 Å². The fourth-order valence-electron chi connectivity index (χ4n) is 2.81. The SMILES string of the molecule is C=CC.CC(=O)Nc1ccccc1C(C)Nc1ccccc1Oc1ccc(O)cc1. The summed E-state index contributed by atoms with van der Waals surface area (Å²) in [6.45, 7) is 8.77. The van der Waals surface area contributed by atoms with E-state index < -0.39 is 0 Å². The molecule has 0 aromatic heterocycles. The Morgan fingerprint density at radius 1 is 1.00 bits per heavy atom. The van der Waals surface area contributed by atoms with Crippen LogP contribution in [0.15, 0.2) is 85.5 Å². The van der Waals surface area contributed by atoms with Crippen molar-refractivity contribution in [2.24, 2.45) is 0 Å². The Bertz CT molecular complexity index is 968. The monoisotopic (exact) mass is 404 g/mol. The van der Waals surface area contributed by atoms with Crippen molar-refractivity contribution < 1.29 is 14.6 Å². The van der Waals surface area contributed by atoms with Crippen molar-refractivity contribution in [3.8, 4) is 17.2 Å². The number of hydrogen-bond donors (Lipinski definition) is 3. The van der Waals surface area contributed by atoms with E-state index in [0.717, 1.165) is 16.9 Å². The Morgan fingerprint density at radius 3 is 2.20 bits per heavy atom. The molecule has 0 saturated carbocycles. The second-order valence-electron chi connectivity index (χ2n) is 6.63. The average Bonchev–Trinajstić information content (AvgIpc) is 2.71. The quantitative estimate of drug-likeness (QED) is 0.410.